The van der Waals surface area contributed by atoms with Crippen LogP contribution in [0.15, 0.2) is 46.1 Å². The largest absolute Gasteiger partial charge is 0.494 e. The minimum absolute atomic E-state index is 0.00261. The summed E-state index contributed by atoms with van der Waals surface area (Å²) in [4.78, 5) is 21.4. The van der Waals surface area contributed by atoms with Crippen molar-refractivity contribution >= 4 is 20.9 Å². The molecule has 0 spiro atoms. The maximum Gasteiger partial charge on any atom is 0.431 e. The lowest BCUT2D eigenvalue weighted by molar-refractivity contribution is -0.144. The molecule has 0 unspecified atom stereocenters. The van der Waals surface area contributed by atoms with Crippen LogP contribution in [0.25, 0.3) is 33.8 Å². The standard InChI is InChI=1S/C24H22F4N4O4S/c1-5-32-19(24(26,27)28)12-16-21(23(32)33)31(3)22(30-16)20-18(37(34,35)6-2)10-8-15(29-20)13-7-9-17(36-4)14(25)11-13/h7-12H,5-6H2,1-4H3. The average molecular weight is 539 g/mol. The Morgan fingerprint density at radius 3 is 2.32 bits per heavy atom. The summed E-state index contributed by atoms with van der Waals surface area (Å²) in [5.74, 6) is -1.09. The lowest BCUT2D eigenvalue weighted by atomic mass is 10.1. The number of imidazole rings is 1. The molecule has 1 aromatic carbocycles. The van der Waals surface area contributed by atoms with Crippen molar-refractivity contribution in [1.82, 2.24) is 19.1 Å². The highest BCUT2D eigenvalue weighted by Gasteiger charge is 2.36. The lowest BCUT2D eigenvalue weighted by Gasteiger charge is -2.14. The quantitative estimate of drug-likeness (QED) is 0.337. The van der Waals surface area contributed by atoms with Crippen molar-refractivity contribution in [3.05, 3.63) is 58.3 Å². The second kappa shape index (κ2) is 9.29. The van der Waals surface area contributed by atoms with Crippen molar-refractivity contribution < 1.29 is 30.7 Å². The number of halogens is 4. The first-order chi connectivity index (χ1) is 17.3. The van der Waals surface area contributed by atoms with E-state index in [1.807, 2.05) is 0 Å². The zero-order valence-electron chi connectivity index (χ0n) is 20.2. The van der Waals surface area contributed by atoms with Crippen LogP contribution < -0.4 is 10.3 Å². The van der Waals surface area contributed by atoms with Crippen molar-refractivity contribution in [2.45, 2.75) is 31.5 Å². The first-order valence-corrected chi connectivity index (χ1v) is 12.7. The minimum atomic E-state index is -4.81. The van der Waals surface area contributed by atoms with Crippen LogP contribution >= 0.6 is 0 Å². The zero-order valence-corrected chi connectivity index (χ0v) is 21.0. The number of methoxy groups -OCH3 is 1. The van der Waals surface area contributed by atoms with E-state index in [1.165, 1.54) is 56.8 Å². The van der Waals surface area contributed by atoms with Gasteiger partial charge in [-0.1, -0.05) is 6.92 Å². The molecule has 0 atom stereocenters. The fraction of sp³-hybridized carbons (Fsp3) is 0.292. The van der Waals surface area contributed by atoms with Gasteiger partial charge in [0.15, 0.2) is 27.2 Å². The van der Waals surface area contributed by atoms with Gasteiger partial charge >= 0.3 is 6.18 Å². The molecule has 0 aliphatic heterocycles. The van der Waals surface area contributed by atoms with E-state index < -0.39 is 33.1 Å². The molecule has 0 amide bonds. The molecular formula is C24H22F4N4O4S. The zero-order chi connectivity index (χ0) is 27.3. The molecule has 13 heteroatoms. The Balaban J connectivity index is 2.05. The number of aryl methyl sites for hydroxylation is 1. The predicted molar refractivity (Wildman–Crippen MR) is 129 cm³/mol. The summed E-state index contributed by atoms with van der Waals surface area (Å²) in [5, 5.41) is 0. The first-order valence-electron chi connectivity index (χ1n) is 11.1. The fourth-order valence-electron chi connectivity index (χ4n) is 4.08. The highest BCUT2D eigenvalue weighted by molar-refractivity contribution is 7.91. The summed E-state index contributed by atoms with van der Waals surface area (Å²) in [6.07, 6.45) is -4.81. The van der Waals surface area contributed by atoms with E-state index in [0.717, 1.165) is 12.1 Å². The maximum atomic E-state index is 14.3. The third kappa shape index (κ3) is 4.47. The summed E-state index contributed by atoms with van der Waals surface area (Å²) in [6, 6.07) is 7.48. The summed E-state index contributed by atoms with van der Waals surface area (Å²) in [6.45, 7) is 2.59. The number of ether oxygens (including phenoxy) is 1. The second-order valence-electron chi connectivity index (χ2n) is 8.10. The van der Waals surface area contributed by atoms with E-state index in [4.69, 9.17) is 4.74 Å². The van der Waals surface area contributed by atoms with Crippen LogP contribution in [-0.2, 0) is 29.6 Å². The van der Waals surface area contributed by atoms with E-state index in [2.05, 4.69) is 9.97 Å². The SMILES string of the molecule is CCn1c(C(F)(F)F)cc2nc(-c3nc(-c4ccc(OC)c(F)c4)ccc3S(=O)(=O)CC)n(C)c2c1=O. The molecule has 3 heterocycles. The predicted octanol–water partition coefficient (Wildman–Crippen LogP) is 4.44. The topological polar surface area (TPSA) is 96.1 Å². The number of rotatable bonds is 6. The Bertz CT molecular complexity index is 1690. The molecule has 0 aliphatic carbocycles. The van der Waals surface area contributed by atoms with Crippen LogP contribution in [0, 0.1) is 5.82 Å². The van der Waals surface area contributed by atoms with E-state index in [0.29, 0.717) is 10.1 Å². The molecule has 0 aliphatic rings. The van der Waals surface area contributed by atoms with Crippen molar-refractivity contribution in [1.29, 1.82) is 0 Å². The van der Waals surface area contributed by atoms with Gasteiger partial charge in [0.2, 0.25) is 0 Å². The molecule has 0 N–H and O–H groups in total. The highest BCUT2D eigenvalue weighted by Crippen LogP contribution is 2.34. The number of hydrogen-bond donors (Lipinski definition) is 0. The molecule has 0 fully saturated rings. The van der Waals surface area contributed by atoms with Gasteiger partial charge in [0.1, 0.15) is 16.9 Å². The van der Waals surface area contributed by atoms with Gasteiger partial charge in [-0.3, -0.25) is 4.79 Å². The summed E-state index contributed by atoms with van der Waals surface area (Å²) in [5.41, 5.74) is -2.21. The molecule has 0 saturated carbocycles. The number of pyridine rings is 2. The molecule has 8 nitrogen and oxygen atoms in total. The molecule has 37 heavy (non-hydrogen) atoms. The smallest absolute Gasteiger partial charge is 0.431 e. The van der Waals surface area contributed by atoms with Crippen molar-refractivity contribution in [3.8, 4) is 28.5 Å². The Morgan fingerprint density at radius 1 is 1.05 bits per heavy atom. The van der Waals surface area contributed by atoms with Gasteiger partial charge in [0, 0.05) is 19.2 Å². The molecule has 196 valence electrons. The highest BCUT2D eigenvalue weighted by atomic mass is 32.2. The first kappa shape index (κ1) is 26.3. The molecule has 0 saturated heterocycles. The van der Waals surface area contributed by atoms with Gasteiger partial charge in [-0.05, 0) is 43.3 Å². The van der Waals surface area contributed by atoms with E-state index in [-0.39, 0.29) is 51.2 Å². The second-order valence-corrected chi connectivity index (χ2v) is 10.3. The number of fused-ring (bicyclic) bond motifs is 1. The summed E-state index contributed by atoms with van der Waals surface area (Å²) < 4.78 is 87.8. The maximum absolute atomic E-state index is 14.3. The Morgan fingerprint density at radius 2 is 1.76 bits per heavy atom. The van der Waals surface area contributed by atoms with Crippen LogP contribution in [-0.4, -0.2) is 40.4 Å². The van der Waals surface area contributed by atoms with Crippen LogP contribution in [0.5, 0.6) is 5.75 Å². The number of aromatic nitrogens is 4. The van der Waals surface area contributed by atoms with E-state index in [1.54, 1.807) is 0 Å². The van der Waals surface area contributed by atoms with Crippen molar-refractivity contribution in [3.63, 3.8) is 0 Å². The van der Waals surface area contributed by atoms with Gasteiger partial charge in [0.05, 0.1) is 29.0 Å². The summed E-state index contributed by atoms with van der Waals surface area (Å²) >= 11 is 0. The fourth-order valence-corrected chi connectivity index (χ4v) is 5.10. The molecule has 0 radical (unpaired) electrons. The van der Waals surface area contributed by atoms with Gasteiger partial charge in [-0.15, -0.1) is 0 Å². The normalized spacial score (nSPS) is 12.3. The number of sulfone groups is 1. The van der Waals surface area contributed by atoms with Crippen molar-refractivity contribution in [2.75, 3.05) is 12.9 Å². The number of hydrogen-bond acceptors (Lipinski definition) is 6. The molecule has 4 rings (SSSR count). The monoisotopic (exact) mass is 538 g/mol. The van der Waals surface area contributed by atoms with Crippen LogP contribution in [0.4, 0.5) is 17.6 Å². The van der Waals surface area contributed by atoms with E-state index >= 15 is 0 Å². The Labute approximate surface area is 209 Å². The lowest BCUT2D eigenvalue weighted by Crippen LogP contribution is -2.28. The van der Waals surface area contributed by atoms with Gasteiger partial charge < -0.3 is 13.9 Å². The molecule has 4 aromatic rings. The third-order valence-electron chi connectivity index (χ3n) is 5.97. The van der Waals surface area contributed by atoms with Crippen molar-refractivity contribution in [2.24, 2.45) is 7.05 Å². The van der Waals surface area contributed by atoms with E-state index in [9.17, 15) is 30.8 Å². The minimum Gasteiger partial charge on any atom is -0.494 e. The molecule has 0 bridgehead atoms. The van der Waals surface area contributed by atoms with Gasteiger partial charge in [-0.25, -0.2) is 22.8 Å². The number of nitrogens with zero attached hydrogens (tertiary/aromatic N) is 4. The Kier molecular flexibility index (Phi) is 6.61. The van der Waals surface area contributed by atoms with Gasteiger partial charge in [0.25, 0.3) is 5.56 Å². The van der Waals surface area contributed by atoms with Gasteiger partial charge in [-0.2, -0.15) is 13.2 Å². The average Bonchev–Trinajstić information content (AvgIpc) is 3.19. The summed E-state index contributed by atoms with van der Waals surface area (Å²) in [7, 11) is -1.18. The third-order valence-corrected chi connectivity index (χ3v) is 7.73. The van der Waals surface area contributed by atoms with Crippen LogP contribution in [0.2, 0.25) is 0 Å². The number of alkyl halides is 3. The molecule has 3 aromatic heterocycles. The Hall–Kier alpha value is -3.74. The van der Waals surface area contributed by atoms with Crippen LogP contribution in [0.1, 0.15) is 19.5 Å². The van der Waals surface area contributed by atoms with Crippen LogP contribution in [0.3, 0.4) is 0 Å². The molecular weight excluding hydrogens is 516 g/mol. The number of benzene rings is 1.